The molecule has 2 aromatic carbocycles. The van der Waals surface area contributed by atoms with Crippen LogP contribution < -0.4 is 9.64 Å². The summed E-state index contributed by atoms with van der Waals surface area (Å²) in [4.78, 5) is 4.61. The van der Waals surface area contributed by atoms with Crippen LogP contribution in [0.1, 0.15) is 0 Å². The molecule has 0 aromatic heterocycles. The van der Waals surface area contributed by atoms with Crippen LogP contribution >= 0.6 is 0 Å². The van der Waals surface area contributed by atoms with Gasteiger partial charge in [0.05, 0.1) is 0 Å². The van der Waals surface area contributed by atoms with Gasteiger partial charge >= 0.3 is 0 Å². The van der Waals surface area contributed by atoms with Crippen molar-refractivity contribution in [1.82, 2.24) is 4.90 Å². The van der Waals surface area contributed by atoms with Crippen molar-refractivity contribution >= 4 is 5.69 Å². The number of para-hydroxylation sites is 1. The highest BCUT2D eigenvalue weighted by Crippen LogP contribution is 2.16. The summed E-state index contributed by atoms with van der Waals surface area (Å²) in [6, 6.07) is 16.2. The van der Waals surface area contributed by atoms with E-state index in [1.54, 1.807) is 12.1 Å². The first-order valence-corrected chi connectivity index (χ1v) is 8.29. The minimum atomic E-state index is -0.557. The lowest BCUT2D eigenvalue weighted by Crippen LogP contribution is -2.49. The van der Waals surface area contributed by atoms with Crippen molar-refractivity contribution in [2.24, 2.45) is 0 Å². The molecule has 24 heavy (non-hydrogen) atoms. The molecule has 1 N–H and O–H groups in total. The number of ether oxygens (including phenoxy) is 1. The molecular formula is C19H23FN2O2. The Hall–Kier alpha value is -2.11. The highest BCUT2D eigenvalue weighted by atomic mass is 19.1. The number of halogens is 1. The fourth-order valence-corrected chi connectivity index (χ4v) is 2.90. The predicted octanol–water partition coefficient (Wildman–Crippen LogP) is 2.39. The molecule has 1 aliphatic heterocycles. The van der Waals surface area contributed by atoms with Gasteiger partial charge in [-0.05, 0) is 36.4 Å². The Balaban J connectivity index is 1.40. The molecule has 5 heteroatoms. The number of piperazine rings is 1. The van der Waals surface area contributed by atoms with Gasteiger partial charge in [-0.2, -0.15) is 0 Å². The van der Waals surface area contributed by atoms with Crippen molar-refractivity contribution in [1.29, 1.82) is 0 Å². The number of hydrogen-bond acceptors (Lipinski definition) is 4. The lowest BCUT2D eigenvalue weighted by Gasteiger charge is -2.36. The number of aliphatic hydroxyl groups excluding tert-OH is 1. The normalized spacial score (nSPS) is 16.8. The zero-order chi connectivity index (χ0) is 16.8. The second kappa shape index (κ2) is 8.13. The number of rotatable bonds is 6. The first kappa shape index (κ1) is 16.7. The van der Waals surface area contributed by atoms with Crippen molar-refractivity contribution in [2.75, 3.05) is 44.2 Å². The average molecular weight is 330 g/mol. The number of aliphatic hydroxyl groups is 1. The molecule has 0 spiro atoms. The molecule has 1 fully saturated rings. The second-order valence-electron chi connectivity index (χ2n) is 6.04. The van der Waals surface area contributed by atoms with Crippen LogP contribution in [-0.2, 0) is 0 Å². The highest BCUT2D eigenvalue weighted by Gasteiger charge is 2.19. The quantitative estimate of drug-likeness (QED) is 0.882. The maximum Gasteiger partial charge on any atom is 0.123 e. The van der Waals surface area contributed by atoms with Crippen LogP contribution in [0.15, 0.2) is 54.6 Å². The summed E-state index contributed by atoms with van der Waals surface area (Å²) in [7, 11) is 0. The first-order chi connectivity index (χ1) is 11.7. The number of anilines is 1. The summed E-state index contributed by atoms with van der Waals surface area (Å²) in [5.41, 5.74) is 1.25. The number of hydrogen-bond donors (Lipinski definition) is 1. The topological polar surface area (TPSA) is 35.9 Å². The predicted molar refractivity (Wildman–Crippen MR) is 93.0 cm³/mol. The van der Waals surface area contributed by atoms with E-state index in [2.05, 4.69) is 34.1 Å². The summed E-state index contributed by atoms with van der Waals surface area (Å²) in [6.07, 6.45) is -0.557. The lowest BCUT2D eigenvalue weighted by atomic mass is 10.2. The largest absolute Gasteiger partial charge is 0.491 e. The van der Waals surface area contributed by atoms with E-state index in [0.29, 0.717) is 12.3 Å². The zero-order valence-electron chi connectivity index (χ0n) is 13.6. The standard InChI is InChI=1S/C19H23FN2O2/c20-16-6-8-19(9-7-16)24-15-18(23)14-21-10-12-22(13-11-21)17-4-2-1-3-5-17/h1-9,18,23H,10-15H2/t18-/m0/s1. The summed E-state index contributed by atoms with van der Waals surface area (Å²) in [5.74, 6) is 0.281. The molecule has 2 aromatic rings. The molecule has 4 nitrogen and oxygen atoms in total. The second-order valence-corrected chi connectivity index (χ2v) is 6.04. The van der Waals surface area contributed by atoms with E-state index in [9.17, 15) is 9.50 Å². The Labute approximate surface area is 142 Å². The molecule has 0 amide bonds. The molecule has 1 heterocycles. The van der Waals surface area contributed by atoms with Crippen LogP contribution in [0, 0.1) is 5.82 Å². The van der Waals surface area contributed by atoms with E-state index in [1.165, 1.54) is 17.8 Å². The van der Waals surface area contributed by atoms with Gasteiger partial charge in [-0.25, -0.2) is 4.39 Å². The van der Waals surface area contributed by atoms with Gasteiger partial charge in [-0.3, -0.25) is 4.90 Å². The molecule has 128 valence electrons. The maximum absolute atomic E-state index is 12.8. The molecule has 0 saturated carbocycles. The summed E-state index contributed by atoms with van der Waals surface area (Å²) < 4.78 is 18.3. The van der Waals surface area contributed by atoms with E-state index >= 15 is 0 Å². The molecule has 0 radical (unpaired) electrons. The Morgan fingerprint density at radius 1 is 0.958 bits per heavy atom. The fourth-order valence-electron chi connectivity index (χ4n) is 2.90. The molecule has 0 unspecified atom stereocenters. The van der Waals surface area contributed by atoms with Gasteiger partial charge in [0.1, 0.15) is 24.3 Å². The minimum Gasteiger partial charge on any atom is -0.491 e. The molecule has 1 saturated heterocycles. The van der Waals surface area contributed by atoms with Crippen LogP contribution in [0.3, 0.4) is 0 Å². The third-order valence-corrected chi connectivity index (χ3v) is 4.22. The van der Waals surface area contributed by atoms with Gasteiger partial charge in [0, 0.05) is 38.4 Å². The fraction of sp³-hybridized carbons (Fsp3) is 0.368. The van der Waals surface area contributed by atoms with Crippen molar-refractivity contribution in [3.8, 4) is 5.75 Å². The van der Waals surface area contributed by atoms with Gasteiger partial charge in [0.15, 0.2) is 0 Å². The Bertz CT molecular complexity index is 613. The van der Waals surface area contributed by atoms with Crippen LogP contribution in [0.25, 0.3) is 0 Å². The van der Waals surface area contributed by atoms with Crippen molar-refractivity contribution in [3.63, 3.8) is 0 Å². The van der Waals surface area contributed by atoms with Crippen LogP contribution in [-0.4, -0.2) is 55.4 Å². The highest BCUT2D eigenvalue weighted by molar-refractivity contribution is 5.46. The third-order valence-electron chi connectivity index (χ3n) is 4.22. The molecule has 0 bridgehead atoms. The van der Waals surface area contributed by atoms with Crippen molar-refractivity contribution in [2.45, 2.75) is 6.10 Å². The number of β-amino-alcohol motifs (C(OH)–C–C–N with tert-alkyl or cyclic N) is 1. The Kier molecular flexibility index (Phi) is 5.67. The molecule has 1 atom stereocenters. The molecule has 1 aliphatic rings. The summed E-state index contributed by atoms with van der Waals surface area (Å²) in [6.45, 7) is 4.55. The van der Waals surface area contributed by atoms with E-state index in [4.69, 9.17) is 4.74 Å². The SMILES string of the molecule is O[C@H](COc1ccc(F)cc1)CN1CCN(c2ccccc2)CC1. The van der Waals surface area contributed by atoms with E-state index in [0.717, 1.165) is 26.2 Å². The third kappa shape index (κ3) is 4.69. The summed E-state index contributed by atoms with van der Waals surface area (Å²) in [5, 5.41) is 10.1. The van der Waals surface area contributed by atoms with E-state index in [1.807, 2.05) is 6.07 Å². The van der Waals surface area contributed by atoms with Gasteiger partial charge in [0.25, 0.3) is 0 Å². The summed E-state index contributed by atoms with van der Waals surface area (Å²) >= 11 is 0. The maximum atomic E-state index is 12.8. The molecule has 3 rings (SSSR count). The Morgan fingerprint density at radius 2 is 1.62 bits per heavy atom. The number of benzene rings is 2. The smallest absolute Gasteiger partial charge is 0.123 e. The van der Waals surface area contributed by atoms with Gasteiger partial charge in [-0.15, -0.1) is 0 Å². The monoisotopic (exact) mass is 330 g/mol. The average Bonchev–Trinajstić information content (AvgIpc) is 2.63. The molecule has 0 aliphatic carbocycles. The Morgan fingerprint density at radius 3 is 2.29 bits per heavy atom. The van der Waals surface area contributed by atoms with Gasteiger partial charge in [0.2, 0.25) is 0 Å². The lowest BCUT2D eigenvalue weighted by molar-refractivity contribution is 0.0663. The zero-order valence-corrected chi connectivity index (χ0v) is 13.6. The van der Waals surface area contributed by atoms with E-state index in [-0.39, 0.29) is 12.4 Å². The number of nitrogens with zero attached hydrogens (tertiary/aromatic N) is 2. The molecular weight excluding hydrogens is 307 g/mol. The van der Waals surface area contributed by atoms with Crippen LogP contribution in [0.5, 0.6) is 5.75 Å². The minimum absolute atomic E-state index is 0.213. The first-order valence-electron chi connectivity index (χ1n) is 8.29. The van der Waals surface area contributed by atoms with Crippen molar-refractivity contribution in [3.05, 3.63) is 60.4 Å². The van der Waals surface area contributed by atoms with Crippen LogP contribution in [0.4, 0.5) is 10.1 Å². The van der Waals surface area contributed by atoms with Crippen LogP contribution in [0.2, 0.25) is 0 Å². The van der Waals surface area contributed by atoms with Gasteiger partial charge < -0.3 is 14.7 Å². The van der Waals surface area contributed by atoms with Gasteiger partial charge in [-0.1, -0.05) is 18.2 Å². The van der Waals surface area contributed by atoms with Crippen molar-refractivity contribution < 1.29 is 14.2 Å². The van der Waals surface area contributed by atoms with E-state index < -0.39 is 6.10 Å².